The molecule has 0 bridgehead atoms. The molecular formula is C22H24Cl2N6. The molecule has 0 saturated heterocycles. The molecule has 0 aliphatic heterocycles. The third kappa shape index (κ3) is 5.62. The Balaban J connectivity index is 1.70. The van der Waals surface area contributed by atoms with Gasteiger partial charge in [0.1, 0.15) is 5.82 Å². The highest BCUT2D eigenvalue weighted by atomic mass is 35.5. The van der Waals surface area contributed by atoms with E-state index < -0.39 is 0 Å². The molecule has 156 valence electrons. The number of rotatable bonds is 10. The minimum atomic E-state index is 0.521. The molecule has 0 amide bonds. The van der Waals surface area contributed by atoms with Crippen LogP contribution in [0.4, 0.5) is 5.82 Å². The Morgan fingerprint density at radius 2 is 1.87 bits per heavy atom. The van der Waals surface area contributed by atoms with Crippen LogP contribution in [-0.2, 0) is 0 Å². The van der Waals surface area contributed by atoms with Crippen molar-refractivity contribution in [2.45, 2.75) is 12.8 Å². The number of anilines is 1. The van der Waals surface area contributed by atoms with Gasteiger partial charge in [0.2, 0.25) is 0 Å². The summed E-state index contributed by atoms with van der Waals surface area (Å²) >= 11 is 12.4. The van der Waals surface area contributed by atoms with E-state index in [2.05, 4.69) is 20.9 Å². The molecule has 2 aromatic carbocycles. The predicted octanol–water partition coefficient (Wildman–Crippen LogP) is 5.10. The third-order valence-electron chi connectivity index (χ3n) is 4.51. The summed E-state index contributed by atoms with van der Waals surface area (Å²) in [7, 11) is 1.83. The maximum atomic E-state index is 7.13. The lowest BCUT2D eigenvalue weighted by Gasteiger charge is -2.12. The van der Waals surface area contributed by atoms with Crippen LogP contribution in [0.2, 0.25) is 10.0 Å². The van der Waals surface area contributed by atoms with Crippen LogP contribution in [0.25, 0.3) is 22.3 Å². The Morgan fingerprint density at radius 3 is 2.63 bits per heavy atom. The van der Waals surface area contributed by atoms with Crippen LogP contribution in [-0.4, -0.2) is 36.3 Å². The van der Waals surface area contributed by atoms with Crippen LogP contribution in [0.15, 0.2) is 54.4 Å². The Hall–Kier alpha value is -2.83. The van der Waals surface area contributed by atoms with Crippen LogP contribution < -0.4 is 16.0 Å². The van der Waals surface area contributed by atoms with Crippen molar-refractivity contribution in [2.75, 3.05) is 25.5 Å². The van der Waals surface area contributed by atoms with Gasteiger partial charge in [-0.05, 0) is 49.2 Å². The van der Waals surface area contributed by atoms with E-state index in [9.17, 15) is 0 Å². The molecule has 1 heterocycles. The maximum Gasteiger partial charge on any atom is 0.163 e. The number of nitrogens with zero attached hydrogens (tertiary/aromatic N) is 2. The average Bonchev–Trinajstić information content (AvgIpc) is 2.75. The fraction of sp³-hybridized carbons (Fsp3) is 0.227. The maximum absolute atomic E-state index is 7.13. The lowest BCUT2D eigenvalue weighted by atomic mass is 10.1. The molecule has 8 heteroatoms. The van der Waals surface area contributed by atoms with Gasteiger partial charge in [0.15, 0.2) is 5.82 Å². The van der Waals surface area contributed by atoms with Crippen LogP contribution in [0.5, 0.6) is 0 Å². The van der Waals surface area contributed by atoms with E-state index >= 15 is 0 Å². The van der Waals surface area contributed by atoms with Gasteiger partial charge in [0.05, 0.1) is 16.4 Å². The third-order valence-corrected chi connectivity index (χ3v) is 5.05. The van der Waals surface area contributed by atoms with Gasteiger partial charge >= 0.3 is 0 Å². The topological polar surface area (TPSA) is 85.7 Å². The molecule has 0 saturated carbocycles. The van der Waals surface area contributed by atoms with Crippen LogP contribution in [0.3, 0.4) is 0 Å². The number of fused-ring (bicyclic) bond motifs is 1. The molecule has 0 atom stereocenters. The van der Waals surface area contributed by atoms with E-state index in [1.54, 1.807) is 18.2 Å². The molecule has 0 unspecified atom stereocenters. The number of unbranched alkanes of at least 4 members (excludes halogenated alkanes) is 1. The van der Waals surface area contributed by atoms with Gasteiger partial charge in [-0.3, -0.25) is 0 Å². The van der Waals surface area contributed by atoms with Crippen molar-refractivity contribution < 1.29 is 0 Å². The first-order valence-electron chi connectivity index (χ1n) is 9.71. The summed E-state index contributed by atoms with van der Waals surface area (Å²) in [5, 5.41) is 18.9. The van der Waals surface area contributed by atoms with Crippen LogP contribution >= 0.6 is 23.2 Å². The number of nitrogens with one attached hydrogen (secondary N) is 4. The summed E-state index contributed by atoms with van der Waals surface area (Å²) < 4.78 is 0. The van der Waals surface area contributed by atoms with E-state index in [-0.39, 0.29) is 0 Å². The molecule has 4 N–H and O–H groups in total. The molecule has 3 rings (SSSR count). The first-order chi connectivity index (χ1) is 14.6. The van der Waals surface area contributed by atoms with E-state index in [4.69, 9.17) is 33.6 Å². The molecule has 0 aliphatic carbocycles. The first kappa shape index (κ1) is 21.9. The van der Waals surface area contributed by atoms with Crippen molar-refractivity contribution in [3.8, 4) is 11.4 Å². The molecule has 6 nitrogen and oxygen atoms in total. The highest BCUT2D eigenvalue weighted by Gasteiger charge is 2.12. The summed E-state index contributed by atoms with van der Waals surface area (Å²) in [6.45, 7) is 1.60. The first-order valence-corrected chi connectivity index (χ1v) is 10.5. The van der Waals surface area contributed by atoms with Gasteiger partial charge in [-0.1, -0.05) is 35.3 Å². The number of benzene rings is 2. The fourth-order valence-corrected chi connectivity index (χ4v) is 3.49. The van der Waals surface area contributed by atoms with Crippen molar-refractivity contribution in [2.24, 2.45) is 0 Å². The lowest BCUT2D eigenvalue weighted by molar-refractivity contribution is 0.666. The predicted molar refractivity (Wildman–Crippen MR) is 127 cm³/mol. The highest BCUT2D eigenvalue weighted by molar-refractivity contribution is 6.36. The SMILES string of the molecule is CN/C(=C\C=N)NCCCCNc1nc(-c2ccc(Cl)cc2Cl)nc2ccccc12. The number of allylic oxidation sites excluding steroid dienone is 1. The zero-order chi connectivity index (χ0) is 21.3. The Morgan fingerprint density at radius 1 is 1.07 bits per heavy atom. The van der Waals surface area contributed by atoms with E-state index in [1.807, 2.05) is 37.4 Å². The minimum Gasteiger partial charge on any atom is -0.375 e. The number of aromatic nitrogens is 2. The second-order valence-electron chi connectivity index (χ2n) is 6.59. The van der Waals surface area contributed by atoms with Crippen molar-refractivity contribution in [3.63, 3.8) is 0 Å². The molecule has 0 spiro atoms. The number of hydrogen-bond acceptors (Lipinski definition) is 6. The highest BCUT2D eigenvalue weighted by Crippen LogP contribution is 2.31. The smallest absolute Gasteiger partial charge is 0.163 e. The van der Waals surface area contributed by atoms with Crippen molar-refractivity contribution >= 4 is 46.1 Å². The Kier molecular flexibility index (Phi) is 7.88. The molecule has 0 fully saturated rings. The molecular weight excluding hydrogens is 419 g/mol. The van der Waals surface area contributed by atoms with Gasteiger partial charge < -0.3 is 21.4 Å². The number of hydrogen-bond donors (Lipinski definition) is 4. The second-order valence-corrected chi connectivity index (χ2v) is 7.44. The van der Waals surface area contributed by atoms with Gasteiger partial charge in [0, 0.05) is 42.3 Å². The zero-order valence-corrected chi connectivity index (χ0v) is 18.2. The summed E-state index contributed by atoms with van der Waals surface area (Å²) in [5.41, 5.74) is 1.60. The number of para-hydroxylation sites is 1. The molecule has 30 heavy (non-hydrogen) atoms. The van der Waals surface area contributed by atoms with Gasteiger partial charge in [-0.2, -0.15) is 0 Å². The largest absolute Gasteiger partial charge is 0.375 e. The summed E-state index contributed by atoms with van der Waals surface area (Å²) in [4.78, 5) is 9.42. The molecule has 0 aliphatic rings. The fourth-order valence-electron chi connectivity index (χ4n) is 3.00. The van der Waals surface area contributed by atoms with Crippen molar-refractivity contribution in [3.05, 3.63) is 64.4 Å². The lowest BCUT2D eigenvalue weighted by Crippen LogP contribution is -2.24. The average molecular weight is 443 g/mol. The zero-order valence-electron chi connectivity index (χ0n) is 16.7. The van der Waals surface area contributed by atoms with E-state index in [0.29, 0.717) is 15.9 Å². The van der Waals surface area contributed by atoms with Crippen LogP contribution in [0, 0.1) is 5.41 Å². The molecule has 3 aromatic rings. The Labute approximate surface area is 186 Å². The second kappa shape index (κ2) is 10.8. The normalized spacial score (nSPS) is 11.4. The van der Waals surface area contributed by atoms with Crippen molar-refractivity contribution in [1.29, 1.82) is 5.41 Å². The molecule has 0 radical (unpaired) electrons. The van der Waals surface area contributed by atoms with Gasteiger partial charge in [0.25, 0.3) is 0 Å². The molecule has 1 aromatic heterocycles. The van der Waals surface area contributed by atoms with Gasteiger partial charge in [-0.25, -0.2) is 9.97 Å². The Bertz CT molecular complexity index is 1050. The quantitative estimate of drug-likeness (QED) is 0.259. The van der Waals surface area contributed by atoms with Gasteiger partial charge in [-0.15, -0.1) is 0 Å². The summed E-state index contributed by atoms with van der Waals surface area (Å²) in [5.74, 6) is 2.19. The number of halogens is 2. The summed E-state index contributed by atoms with van der Waals surface area (Å²) in [6, 6.07) is 13.2. The van der Waals surface area contributed by atoms with E-state index in [0.717, 1.165) is 54.0 Å². The minimum absolute atomic E-state index is 0.521. The van der Waals surface area contributed by atoms with Crippen LogP contribution in [0.1, 0.15) is 12.8 Å². The monoisotopic (exact) mass is 442 g/mol. The van der Waals surface area contributed by atoms with E-state index in [1.165, 1.54) is 6.21 Å². The summed E-state index contributed by atoms with van der Waals surface area (Å²) in [6.07, 6.45) is 4.88. The van der Waals surface area contributed by atoms with Crippen molar-refractivity contribution in [1.82, 2.24) is 20.6 Å². The standard InChI is InChI=1S/C22H24Cl2N6/c1-26-20(10-11-25)27-12-4-5-13-28-21-17-6-2-3-7-19(17)29-22(30-21)16-9-8-15(23)14-18(16)24/h2-3,6-11,14,25-27H,4-5,12-13H2,1H3,(H,28,29,30)/b20-10+,25-11?.